The molecule has 0 amide bonds. The minimum absolute atomic E-state index is 0. The number of guanidine groups is 1. The third kappa shape index (κ3) is 6.39. The van der Waals surface area contributed by atoms with Crippen LogP contribution in [0.15, 0.2) is 35.3 Å². The van der Waals surface area contributed by atoms with Crippen LogP contribution in [0.2, 0.25) is 0 Å². The van der Waals surface area contributed by atoms with Crippen molar-refractivity contribution in [2.75, 3.05) is 6.54 Å². The van der Waals surface area contributed by atoms with Crippen LogP contribution in [-0.2, 0) is 6.54 Å². The minimum atomic E-state index is -0.0149. The highest BCUT2D eigenvalue weighted by Crippen LogP contribution is 2.28. The van der Waals surface area contributed by atoms with Gasteiger partial charge in [0.15, 0.2) is 5.96 Å². The van der Waals surface area contributed by atoms with Crippen molar-refractivity contribution in [3.63, 3.8) is 0 Å². The highest BCUT2D eigenvalue weighted by Gasteiger charge is 2.13. The first-order valence-electron chi connectivity index (χ1n) is 7.97. The van der Waals surface area contributed by atoms with Crippen LogP contribution in [0.1, 0.15) is 38.3 Å². The van der Waals surface area contributed by atoms with E-state index in [1.165, 1.54) is 4.88 Å². The third-order valence-corrected chi connectivity index (χ3v) is 4.32. The summed E-state index contributed by atoms with van der Waals surface area (Å²) in [5, 5.41) is 7.76. The van der Waals surface area contributed by atoms with Crippen LogP contribution in [0.3, 0.4) is 0 Å². The molecular weight excluding hydrogens is 431 g/mol. The predicted octanol–water partition coefficient (Wildman–Crippen LogP) is 4.59. The Morgan fingerprint density at radius 3 is 2.46 bits per heavy atom. The van der Waals surface area contributed by atoms with Gasteiger partial charge in [-0.05, 0) is 34.6 Å². The van der Waals surface area contributed by atoms with E-state index in [0.717, 1.165) is 28.8 Å². The summed E-state index contributed by atoms with van der Waals surface area (Å²) < 4.78 is 0. The fraction of sp³-hybridized carbons (Fsp3) is 0.444. The predicted molar refractivity (Wildman–Crippen MR) is 115 cm³/mol. The molecule has 0 unspecified atom stereocenters. The molecule has 0 saturated heterocycles. The first-order valence-corrected chi connectivity index (χ1v) is 8.79. The topological polar surface area (TPSA) is 49.3 Å². The Morgan fingerprint density at radius 1 is 1.21 bits per heavy atom. The van der Waals surface area contributed by atoms with Crippen molar-refractivity contribution in [1.82, 2.24) is 15.6 Å². The molecule has 0 aliphatic carbocycles. The number of nitrogens with zero attached hydrogens (tertiary/aromatic N) is 2. The maximum atomic E-state index is 4.70. The Morgan fingerprint density at radius 2 is 1.88 bits per heavy atom. The first-order chi connectivity index (χ1) is 10.9. The zero-order chi connectivity index (χ0) is 16.9. The molecule has 2 N–H and O–H groups in total. The minimum Gasteiger partial charge on any atom is -0.357 e. The van der Waals surface area contributed by atoms with Crippen LogP contribution in [-0.4, -0.2) is 23.0 Å². The molecule has 0 saturated carbocycles. The first kappa shape index (κ1) is 20.9. The second kappa shape index (κ2) is 9.36. The fourth-order valence-electron chi connectivity index (χ4n) is 2.09. The number of nitrogens with one attached hydrogen (secondary N) is 2. The van der Waals surface area contributed by atoms with Gasteiger partial charge in [0.2, 0.25) is 0 Å². The van der Waals surface area contributed by atoms with E-state index in [1.807, 2.05) is 18.2 Å². The van der Waals surface area contributed by atoms with Gasteiger partial charge in [-0.3, -0.25) is 0 Å². The van der Waals surface area contributed by atoms with E-state index in [1.54, 1.807) is 11.3 Å². The Bertz CT molecular complexity index is 659. The monoisotopic (exact) mass is 458 g/mol. The van der Waals surface area contributed by atoms with Crippen molar-refractivity contribution in [3.05, 3.63) is 40.9 Å². The fourth-order valence-corrected chi connectivity index (χ4v) is 3.08. The van der Waals surface area contributed by atoms with Crippen LogP contribution in [0.4, 0.5) is 0 Å². The lowest BCUT2D eigenvalue weighted by atomic mass is 10.1. The number of hydrogen-bond donors (Lipinski definition) is 2. The zero-order valence-electron chi connectivity index (χ0n) is 15.0. The van der Waals surface area contributed by atoms with Crippen LogP contribution in [0, 0.1) is 6.92 Å². The van der Waals surface area contributed by atoms with Crippen LogP contribution >= 0.6 is 35.3 Å². The van der Waals surface area contributed by atoms with Crippen LogP contribution in [0.5, 0.6) is 0 Å². The number of rotatable bonds is 4. The Kier molecular flexibility index (Phi) is 8.15. The van der Waals surface area contributed by atoms with Crippen molar-refractivity contribution < 1.29 is 0 Å². The molecule has 4 nitrogen and oxygen atoms in total. The second-order valence-corrected chi connectivity index (χ2v) is 7.55. The van der Waals surface area contributed by atoms with Gasteiger partial charge >= 0.3 is 0 Å². The summed E-state index contributed by atoms with van der Waals surface area (Å²) in [6.45, 7) is 12.0. The van der Waals surface area contributed by atoms with Gasteiger partial charge in [0.1, 0.15) is 5.01 Å². The standard InChI is InChI=1S/C18H26N4S.HI/c1-6-19-17(22-18(3,4)5)20-12-15-13(2)21-16(23-15)14-10-8-7-9-11-14;/h7-11H,6,12H2,1-5H3,(H2,19,20,22);1H. The molecule has 0 bridgehead atoms. The molecule has 1 aromatic heterocycles. The molecule has 6 heteroatoms. The molecule has 0 spiro atoms. The van der Waals surface area contributed by atoms with Crippen molar-refractivity contribution in [2.24, 2.45) is 4.99 Å². The van der Waals surface area contributed by atoms with Crippen molar-refractivity contribution in [3.8, 4) is 10.6 Å². The van der Waals surface area contributed by atoms with Crippen LogP contribution in [0.25, 0.3) is 10.6 Å². The number of benzene rings is 1. The SMILES string of the molecule is CCNC(=NCc1sc(-c2ccccc2)nc1C)NC(C)(C)C.I. The number of thiazole rings is 1. The normalized spacial score (nSPS) is 11.8. The Hall–Kier alpha value is -1.15. The summed E-state index contributed by atoms with van der Waals surface area (Å²) in [6, 6.07) is 10.3. The van der Waals surface area contributed by atoms with Gasteiger partial charge in [-0.1, -0.05) is 30.3 Å². The molecule has 0 aliphatic rings. The van der Waals surface area contributed by atoms with Gasteiger partial charge < -0.3 is 10.6 Å². The van der Waals surface area contributed by atoms with Gasteiger partial charge in [-0.2, -0.15) is 0 Å². The average Bonchev–Trinajstić information content (AvgIpc) is 2.86. The van der Waals surface area contributed by atoms with Gasteiger partial charge in [-0.15, -0.1) is 35.3 Å². The number of hydrogen-bond acceptors (Lipinski definition) is 3. The molecular formula is C18H27IN4S. The maximum Gasteiger partial charge on any atom is 0.192 e. The summed E-state index contributed by atoms with van der Waals surface area (Å²) in [7, 11) is 0. The highest BCUT2D eigenvalue weighted by atomic mass is 127. The molecule has 0 aliphatic heterocycles. The molecule has 132 valence electrons. The van der Waals surface area contributed by atoms with Crippen molar-refractivity contribution in [2.45, 2.75) is 46.7 Å². The summed E-state index contributed by atoms with van der Waals surface area (Å²) in [5.41, 5.74) is 2.21. The van der Waals surface area contributed by atoms with Gasteiger partial charge in [0.25, 0.3) is 0 Å². The second-order valence-electron chi connectivity index (χ2n) is 6.46. The maximum absolute atomic E-state index is 4.70. The molecule has 1 aromatic carbocycles. The molecule has 0 radical (unpaired) electrons. The van der Waals surface area contributed by atoms with E-state index < -0.39 is 0 Å². The van der Waals surface area contributed by atoms with E-state index in [0.29, 0.717) is 6.54 Å². The van der Waals surface area contributed by atoms with E-state index in [4.69, 9.17) is 4.99 Å². The summed E-state index contributed by atoms with van der Waals surface area (Å²) in [4.78, 5) is 10.6. The van der Waals surface area contributed by atoms with E-state index >= 15 is 0 Å². The van der Waals surface area contributed by atoms with E-state index in [2.05, 4.69) is 62.4 Å². The lowest BCUT2D eigenvalue weighted by Crippen LogP contribution is -2.47. The number of halogens is 1. The summed E-state index contributed by atoms with van der Waals surface area (Å²) in [6.07, 6.45) is 0. The molecule has 2 aromatic rings. The number of aliphatic imine (C=N–C) groups is 1. The molecule has 0 atom stereocenters. The number of aryl methyl sites for hydroxylation is 1. The molecule has 0 fully saturated rings. The zero-order valence-corrected chi connectivity index (χ0v) is 18.2. The molecule has 2 rings (SSSR count). The van der Waals surface area contributed by atoms with Gasteiger partial charge in [-0.25, -0.2) is 9.98 Å². The van der Waals surface area contributed by atoms with Crippen molar-refractivity contribution in [1.29, 1.82) is 0 Å². The summed E-state index contributed by atoms with van der Waals surface area (Å²) in [5.74, 6) is 0.842. The lowest BCUT2D eigenvalue weighted by Gasteiger charge is -2.23. The van der Waals surface area contributed by atoms with Crippen LogP contribution < -0.4 is 10.6 Å². The van der Waals surface area contributed by atoms with E-state index in [9.17, 15) is 0 Å². The number of aromatic nitrogens is 1. The van der Waals surface area contributed by atoms with E-state index in [-0.39, 0.29) is 29.5 Å². The quantitative estimate of drug-likeness (QED) is 0.400. The highest BCUT2D eigenvalue weighted by molar-refractivity contribution is 14.0. The lowest BCUT2D eigenvalue weighted by molar-refractivity contribution is 0.501. The Balaban J connectivity index is 0.00000288. The van der Waals surface area contributed by atoms with Gasteiger partial charge in [0.05, 0.1) is 12.2 Å². The third-order valence-electron chi connectivity index (χ3n) is 3.13. The summed E-state index contributed by atoms with van der Waals surface area (Å²) >= 11 is 1.72. The smallest absolute Gasteiger partial charge is 0.192 e. The van der Waals surface area contributed by atoms with Gasteiger partial charge in [0, 0.05) is 22.5 Å². The van der Waals surface area contributed by atoms with Crippen molar-refractivity contribution >= 4 is 41.3 Å². The average molecular weight is 458 g/mol. The molecule has 24 heavy (non-hydrogen) atoms. The largest absolute Gasteiger partial charge is 0.357 e. The Labute approximate surface area is 166 Å². The molecule has 1 heterocycles.